The largest absolute Gasteiger partial charge is 0.452 e. The second-order valence-corrected chi connectivity index (χ2v) is 7.32. The molecule has 2 aliphatic carbocycles. The molecule has 3 amide bonds. The Morgan fingerprint density at radius 1 is 1.12 bits per heavy atom. The van der Waals surface area contributed by atoms with Gasteiger partial charge >= 0.3 is 12.0 Å². The molecule has 1 aromatic heterocycles. The van der Waals surface area contributed by atoms with Gasteiger partial charge in [-0.2, -0.15) is 0 Å². The maximum Gasteiger partial charge on any atom is 0.340 e. The number of esters is 1. The van der Waals surface area contributed by atoms with Gasteiger partial charge in [0, 0.05) is 23.5 Å². The highest BCUT2D eigenvalue weighted by Crippen LogP contribution is 2.38. The van der Waals surface area contributed by atoms with Crippen LogP contribution in [0, 0.1) is 13.8 Å². The van der Waals surface area contributed by atoms with E-state index in [2.05, 4.69) is 15.2 Å². The van der Waals surface area contributed by atoms with Gasteiger partial charge in [0.05, 0.1) is 5.56 Å². The van der Waals surface area contributed by atoms with E-state index >= 15 is 0 Å². The van der Waals surface area contributed by atoms with Gasteiger partial charge in [0.1, 0.15) is 0 Å². The number of hydrogen-bond donors (Lipinski definition) is 2. The summed E-state index contributed by atoms with van der Waals surface area (Å²) in [7, 11) is 0. The molecular formula is C19H27N3O4. The minimum Gasteiger partial charge on any atom is -0.452 e. The SMILES string of the molecule is Cc1cc(C(=O)OCC(=O)NC(=O)NC2CCCCC2)c(C)n1C1CC1. The lowest BCUT2D eigenvalue weighted by Crippen LogP contribution is -2.46. The van der Waals surface area contributed by atoms with Crippen molar-refractivity contribution in [2.24, 2.45) is 0 Å². The third-order valence-corrected chi connectivity index (χ3v) is 5.14. The number of imide groups is 1. The standard InChI is InChI=1S/C19H27N3O4/c1-12-10-16(13(2)22(12)15-8-9-15)18(24)26-11-17(23)21-19(25)20-14-6-4-3-5-7-14/h10,14-15H,3-9,11H2,1-2H3,(H2,20,21,23,25). The zero-order valence-corrected chi connectivity index (χ0v) is 15.5. The molecule has 0 unspecified atom stereocenters. The van der Waals surface area contributed by atoms with E-state index in [1.54, 1.807) is 6.07 Å². The van der Waals surface area contributed by atoms with Crippen LogP contribution in [0.1, 0.15) is 72.7 Å². The van der Waals surface area contributed by atoms with Gasteiger partial charge in [0.15, 0.2) is 6.61 Å². The summed E-state index contributed by atoms with van der Waals surface area (Å²) in [5.41, 5.74) is 2.37. The average Bonchev–Trinajstić information content (AvgIpc) is 3.38. The molecule has 2 saturated carbocycles. The Morgan fingerprint density at radius 2 is 1.81 bits per heavy atom. The summed E-state index contributed by atoms with van der Waals surface area (Å²) < 4.78 is 7.23. The number of ether oxygens (including phenoxy) is 1. The third-order valence-electron chi connectivity index (χ3n) is 5.14. The predicted molar refractivity (Wildman–Crippen MR) is 96.0 cm³/mol. The summed E-state index contributed by atoms with van der Waals surface area (Å²) in [5.74, 6) is -1.16. The number of rotatable bonds is 5. The molecule has 0 aliphatic heterocycles. The van der Waals surface area contributed by atoms with Crippen molar-refractivity contribution in [3.63, 3.8) is 0 Å². The molecule has 0 radical (unpaired) electrons. The van der Waals surface area contributed by atoms with Gasteiger partial charge in [0.25, 0.3) is 5.91 Å². The van der Waals surface area contributed by atoms with Crippen molar-refractivity contribution in [3.05, 3.63) is 23.0 Å². The molecule has 2 N–H and O–H groups in total. The average molecular weight is 361 g/mol. The molecule has 0 spiro atoms. The fraction of sp³-hybridized carbons (Fsp3) is 0.632. The lowest BCUT2D eigenvalue weighted by atomic mass is 9.96. The molecule has 26 heavy (non-hydrogen) atoms. The summed E-state index contributed by atoms with van der Waals surface area (Å²) >= 11 is 0. The first-order chi connectivity index (χ1) is 12.5. The smallest absolute Gasteiger partial charge is 0.340 e. The van der Waals surface area contributed by atoms with Crippen LogP contribution in [0.5, 0.6) is 0 Å². The maximum atomic E-state index is 12.3. The van der Waals surface area contributed by atoms with E-state index in [1.807, 2.05) is 13.8 Å². The number of urea groups is 1. The van der Waals surface area contributed by atoms with Gasteiger partial charge in [-0.1, -0.05) is 19.3 Å². The number of amides is 3. The number of aryl methyl sites for hydroxylation is 1. The Labute approximate surface area is 153 Å². The normalized spacial score (nSPS) is 17.6. The van der Waals surface area contributed by atoms with E-state index in [1.165, 1.54) is 6.42 Å². The number of aromatic nitrogens is 1. The zero-order valence-electron chi connectivity index (χ0n) is 15.5. The van der Waals surface area contributed by atoms with Gasteiger partial charge in [-0.25, -0.2) is 9.59 Å². The van der Waals surface area contributed by atoms with E-state index in [4.69, 9.17) is 4.74 Å². The fourth-order valence-electron chi connectivity index (χ4n) is 3.72. The lowest BCUT2D eigenvalue weighted by Gasteiger charge is -2.22. The Bertz CT molecular complexity index is 700. The third kappa shape index (κ3) is 4.45. The number of nitrogens with one attached hydrogen (secondary N) is 2. The molecule has 2 aliphatic rings. The Kier molecular flexibility index (Phi) is 5.64. The summed E-state index contributed by atoms with van der Waals surface area (Å²) in [6, 6.07) is 1.86. The number of hydrogen-bond acceptors (Lipinski definition) is 4. The van der Waals surface area contributed by atoms with E-state index in [-0.39, 0.29) is 6.04 Å². The van der Waals surface area contributed by atoms with Crippen molar-refractivity contribution >= 4 is 17.9 Å². The summed E-state index contributed by atoms with van der Waals surface area (Å²) in [6.07, 6.45) is 7.51. The highest BCUT2D eigenvalue weighted by molar-refractivity contribution is 5.97. The van der Waals surface area contributed by atoms with Crippen LogP contribution in [0.2, 0.25) is 0 Å². The topological polar surface area (TPSA) is 89.4 Å². The Morgan fingerprint density at radius 3 is 2.46 bits per heavy atom. The van der Waals surface area contributed by atoms with E-state index < -0.39 is 24.5 Å². The van der Waals surface area contributed by atoms with Crippen molar-refractivity contribution in [1.29, 1.82) is 0 Å². The first-order valence-corrected chi connectivity index (χ1v) is 9.41. The number of nitrogens with zero attached hydrogens (tertiary/aromatic N) is 1. The van der Waals surface area contributed by atoms with Crippen molar-refractivity contribution in [2.45, 2.75) is 70.9 Å². The van der Waals surface area contributed by atoms with Gasteiger partial charge in [-0.05, 0) is 45.6 Å². The minimum absolute atomic E-state index is 0.118. The molecule has 142 valence electrons. The Balaban J connectivity index is 1.46. The van der Waals surface area contributed by atoms with Gasteiger partial charge in [0.2, 0.25) is 0 Å². The maximum absolute atomic E-state index is 12.3. The van der Waals surface area contributed by atoms with E-state index in [9.17, 15) is 14.4 Å². The highest BCUT2D eigenvalue weighted by Gasteiger charge is 2.29. The molecule has 0 saturated heterocycles. The van der Waals surface area contributed by atoms with Crippen LogP contribution in [-0.2, 0) is 9.53 Å². The van der Waals surface area contributed by atoms with Crippen molar-refractivity contribution in [2.75, 3.05) is 6.61 Å². The first kappa shape index (κ1) is 18.5. The van der Waals surface area contributed by atoms with Crippen molar-refractivity contribution < 1.29 is 19.1 Å². The molecule has 7 nitrogen and oxygen atoms in total. The van der Waals surface area contributed by atoms with Crippen LogP contribution in [0.3, 0.4) is 0 Å². The summed E-state index contributed by atoms with van der Waals surface area (Å²) in [5, 5.41) is 5.02. The van der Waals surface area contributed by atoms with E-state index in [0.717, 1.165) is 49.9 Å². The number of carbonyl (C=O) groups is 3. The van der Waals surface area contributed by atoms with Crippen LogP contribution in [0.25, 0.3) is 0 Å². The summed E-state index contributed by atoms with van der Waals surface area (Å²) in [6.45, 7) is 3.38. The van der Waals surface area contributed by atoms with Crippen LogP contribution in [-0.4, -0.2) is 35.1 Å². The van der Waals surface area contributed by atoms with Gasteiger partial charge in [-0.3, -0.25) is 10.1 Å². The molecule has 1 aromatic rings. The molecule has 7 heteroatoms. The Hall–Kier alpha value is -2.31. The predicted octanol–water partition coefficient (Wildman–Crippen LogP) is 2.76. The van der Waals surface area contributed by atoms with Crippen molar-refractivity contribution in [3.8, 4) is 0 Å². The quantitative estimate of drug-likeness (QED) is 0.789. The van der Waals surface area contributed by atoms with Crippen LogP contribution >= 0.6 is 0 Å². The van der Waals surface area contributed by atoms with Gasteiger partial charge in [-0.15, -0.1) is 0 Å². The monoisotopic (exact) mass is 361 g/mol. The van der Waals surface area contributed by atoms with Crippen LogP contribution in [0.15, 0.2) is 6.07 Å². The second-order valence-electron chi connectivity index (χ2n) is 7.32. The van der Waals surface area contributed by atoms with Crippen LogP contribution < -0.4 is 10.6 Å². The van der Waals surface area contributed by atoms with Crippen LogP contribution in [0.4, 0.5) is 4.79 Å². The highest BCUT2D eigenvalue weighted by atomic mass is 16.5. The first-order valence-electron chi connectivity index (χ1n) is 9.41. The molecule has 2 fully saturated rings. The molecule has 0 aromatic carbocycles. The molecule has 1 heterocycles. The summed E-state index contributed by atoms with van der Waals surface area (Å²) in [4.78, 5) is 36.0. The molecule has 0 bridgehead atoms. The fourth-order valence-corrected chi connectivity index (χ4v) is 3.72. The molecule has 0 atom stereocenters. The number of carbonyl (C=O) groups excluding carboxylic acids is 3. The van der Waals surface area contributed by atoms with Gasteiger partial charge < -0.3 is 14.6 Å². The second kappa shape index (κ2) is 7.93. The van der Waals surface area contributed by atoms with E-state index in [0.29, 0.717) is 11.6 Å². The molecular weight excluding hydrogens is 334 g/mol. The zero-order chi connectivity index (χ0) is 18.7. The molecule has 3 rings (SSSR count). The minimum atomic E-state index is -0.623. The lowest BCUT2D eigenvalue weighted by molar-refractivity contribution is -0.123. The van der Waals surface area contributed by atoms with Crippen molar-refractivity contribution in [1.82, 2.24) is 15.2 Å².